The molecule has 3 aromatic rings. The third kappa shape index (κ3) is 2.79. The van der Waals surface area contributed by atoms with Crippen molar-refractivity contribution in [2.24, 2.45) is 0 Å². The van der Waals surface area contributed by atoms with Crippen molar-refractivity contribution in [2.75, 3.05) is 10.6 Å². The normalized spacial score (nSPS) is 10.3. The Kier molecular flexibility index (Phi) is 3.43. The lowest BCUT2D eigenvalue weighted by Gasteiger charge is -2.10. The van der Waals surface area contributed by atoms with E-state index in [1.807, 2.05) is 42.5 Å². The second-order valence-electron chi connectivity index (χ2n) is 4.62. The maximum atomic E-state index is 12.0. The number of hydrogen-bond acceptors (Lipinski definition) is 2. The van der Waals surface area contributed by atoms with Crippen molar-refractivity contribution in [2.45, 2.75) is 0 Å². The molecule has 0 atom stereocenters. The van der Waals surface area contributed by atoms with Crippen LogP contribution in [0.2, 0.25) is 0 Å². The Labute approximate surface area is 122 Å². The summed E-state index contributed by atoms with van der Waals surface area (Å²) in [6.45, 7) is 0. The lowest BCUT2D eigenvalue weighted by Crippen LogP contribution is -2.19. The minimum atomic E-state index is -0.396. The van der Waals surface area contributed by atoms with Gasteiger partial charge in [-0.25, -0.2) is 4.79 Å². The second-order valence-corrected chi connectivity index (χ2v) is 4.62. The van der Waals surface area contributed by atoms with Crippen LogP contribution in [-0.2, 0) is 0 Å². The topological polar surface area (TPSA) is 61.4 Å². The molecule has 0 spiro atoms. The van der Waals surface area contributed by atoms with Gasteiger partial charge in [0, 0.05) is 5.39 Å². The predicted molar refractivity (Wildman–Crippen MR) is 84.7 cm³/mol. The molecule has 0 heterocycles. The fraction of sp³-hybridized carbons (Fsp3) is 0. The third-order valence-corrected chi connectivity index (χ3v) is 3.19. The largest absolute Gasteiger partial charge is 0.506 e. The molecule has 0 aliphatic carbocycles. The summed E-state index contributed by atoms with van der Waals surface area (Å²) in [5.74, 6) is 0.0329. The standard InChI is InChI=1S/C17H14N2O2/c20-16-11-4-3-9-15(16)19-17(21)18-14-10-5-7-12-6-1-2-8-13(12)14/h1-11,20H,(H2,18,19,21). The number of rotatable bonds is 2. The molecule has 0 saturated carbocycles. The first kappa shape index (κ1) is 13.0. The van der Waals surface area contributed by atoms with Crippen molar-refractivity contribution < 1.29 is 9.90 Å². The zero-order valence-electron chi connectivity index (χ0n) is 11.2. The highest BCUT2D eigenvalue weighted by molar-refractivity contribution is 6.06. The average Bonchev–Trinajstić information content (AvgIpc) is 2.50. The van der Waals surface area contributed by atoms with Gasteiger partial charge in [-0.05, 0) is 23.6 Å². The van der Waals surface area contributed by atoms with E-state index in [9.17, 15) is 9.90 Å². The molecule has 104 valence electrons. The van der Waals surface area contributed by atoms with Gasteiger partial charge < -0.3 is 15.7 Å². The number of fused-ring (bicyclic) bond motifs is 1. The van der Waals surface area contributed by atoms with Gasteiger partial charge in [0.15, 0.2) is 0 Å². The van der Waals surface area contributed by atoms with Crippen molar-refractivity contribution in [1.29, 1.82) is 0 Å². The van der Waals surface area contributed by atoms with Crippen LogP contribution in [0.5, 0.6) is 5.75 Å². The van der Waals surface area contributed by atoms with Crippen molar-refractivity contribution >= 4 is 28.2 Å². The number of urea groups is 1. The summed E-state index contributed by atoms with van der Waals surface area (Å²) in [5.41, 5.74) is 1.09. The van der Waals surface area contributed by atoms with Gasteiger partial charge in [0.25, 0.3) is 0 Å². The fourth-order valence-corrected chi connectivity index (χ4v) is 2.19. The van der Waals surface area contributed by atoms with Crippen LogP contribution in [0, 0.1) is 0 Å². The zero-order valence-corrected chi connectivity index (χ0v) is 11.2. The van der Waals surface area contributed by atoms with Crippen LogP contribution in [-0.4, -0.2) is 11.1 Å². The van der Waals surface area contributed by atoms with Crippen LogP contribution < -0.4 is 10.6 Å². The highest BCUT2D eigenvalue weighted by atomic mass is 16.3. The number of benzene rings is 3. The maximum absolute atomic E-state index is 12.0. The molecular formula is C17H14N2O2. The Balaban J connectivity index is 1.82. The summed E-state index contributed by atoms with van der Waals surface area (Å²) in [5, 5.41) is 17.1. The zero-order chi connectivity index (χ0) is 14.7. The molecule has 0 aromatic heterocycles. The Morgan fingerprint density at radius 2 is 1.38 bits per heavy atom. The van der Waals surface area contributed by atoms with Gasteiger partial charge in [0.2, 0.25) is 0 Å². The molecule has 0 saturated heterocycles. The quantitative estimate of drug-likeness (QED) is 0.615. The van der Waals surface area contributed by atoms with E-state index >= 15 is 0 Å². The van der Waals surface area contributed by atoms with Gasteiger partial charge in [-0.3, -0.25) is 0 Å². The first-order valence-corrected chi connectivity index (χ1v) is 6.58. The fourth-order valence-electron chi connectivity index (χ4n) is 2.19. The second kappa shape index (κ2) is 5.54. The highest BCUT2D eigenvalue weighted by Gasteiger charge is 2.07. The van der Waals surface area contributed by atoms with E-state index in [1.165, 1.54) is 6.07 Å². The van der Waals surface area contributed by atoms with E-state index in [0.29, 0.717) is 5.69 Å². The molecule has 0 aliphatic rings. The minimum Gasteiger partial charge on any atom is -0.506 e. The number of hydrogen-bond donors (Lipinski definition) is 3. The Morgan fingerprint density at radius 3 is 2.24 bits per heavy atom. The first-order valence-electron chi connectivity index (χ1n) is 6.58. The molecule has 0 unspecified atom stereocenters. The predicted octanol–water partition coefficient (Wildman–Crippen LogP) is 4.19. The molecule has 0 fully saturated rings. The van der Waals surface area contributed by atoms with Crippen molar-refractivity contribution in [1.82, 2.24) is 0 Å². The summed E-state index contributed by atoms with van der Waals surface area (Å²) in [4.78, 5) is 12.0. The van der Waals surface area contributed by atoms with Crippen LogP contribution >= 0.6 is 0 Å². The van der Waals surface area contributed by atoms with Gasteiger partial charge >= 0.3 is 6.03 Å². The summed E-state index contributed by atoms with van der Waals surface area (Å²) in [7, 11) is 0. The van der Waals surface area contributed by atoms with Gasteiger partial charge in [-0.2, -0.15) is 0 Å². The molecule has 4 nitrogen and oxygen atoms in total. The molecule has 21 heavy (non-hydrogen) atoms. The number of nitrogens with one attached hydrogen (secondary N) is 2. The van der Waals surface area contributed by atoms with E-state index in [2.05, 4.69) is 10.6 Å². The number of amides is 2. The van der Waals surface area contributed by atoms with Gasteiger partial charge in [-0.15, -0.1) is 0 Å². The number of anilines is 2. The molecule has 2 amide bonds. The van der Waals surface area contributed by atoms with Crippen LogP contribution in [0.4, 0.5) is 16.2 Å². The number of phenols is 1. The van der Waals surface area contributed by atoms with E-state index < -0.39 is 6.03 Å². The van der Waals surface area contributed by atoms with E-state index in [0.717, 1.165) is 16.5 Å². The smallest absolute Gasteiger partial charge is 0.323 e. The first-order chi connectivity index (χ1) is 10.2. The molecule has 0 bridgehead atoms. The van der Waals surface area contributed by atoms with E-state index in [4.69, 9.17) is 0 Å². The van der Waals surface area contributed by atoms with Crippen LogP contribution in [0.25, 0.3) is 10.8 Å². The van der Waals surface area contributed by atoms with E-state index in [1.54, 1.807) is 18.2 Å². The molecule has 0 radical (unpaired) electrons. The molecule has 3 aromatic carbocycles. The summed E-state index contributed by atoms with van der Waals surface area (Å²) >= 11 is 0. The van der Waals surface area contributed by atoms with Crippen LogP contribution in [0.1, 0.15) is 0 Å². The van der Waals surface area contributed by atoms with Gasteiger partial charge in [0.05, 0.1) is 11.4 Å². The lowest BCUT2D eigenvalue weighted by molar-refractivity contribution is 0.262. The van der Waals surface area contributed by atoms with E-state index in [-0.39, 0.29) is 5.75 Å². The lowest BCUT2D eigenvalue weighted by atomic mass is 10.1. The Morgan fingerprint density at radius 1 is 0.762 bits per heavy atom. The number of carbonyl (C=O) groups is 1. The van der Waals surface area contributed by atoms with Gasteiger partial charge in [-0.1, -0.05) is 48.5 Å². The number of para-hydroxylation sites is 2. The molecular weight excluding hydrogens is 264 g/mol. The monoisotopic (exact) mass is 278 g/mol. The maximum Gasteiger partial charge on any atom is 0.323 e. The summed E-state index contributed by atoms with van der Waals surface area (Å²) in [6.07, 6.45) is 0. The molecule has 4 heteroatoms. The molecule has 3 rings (SSSR count). The average molecular weight is 278 g/mol. The molecule has 3 N–H and O–H groups in total. The number of aromatic hydroxyl groups is 1. The summed E-state index contributed by atoms with van der Waals surface area (Å²) in [6, 6.07) is 19.7. The van der Waals surface area contributed by atoms with Crippen molar-refractivity contribution in [3.05, 3.63) is 66.7 Å². The SMILES string of the molecule is O=C(Nc1ccccc1O)Nc1cccc2ccccc12. The minimum absolute atomic E-state index is 0.0329. The van der Waals surface area contributed by atoms with Crippen LogP contribution in [0.3, 0.4) is 0 Å². The van der Waals surface area contributed by atoms with Crippen molar-refractivity contribution in [3.63, 3.8) is 0 Å². The third-order valence-electron chi connectivity index (χ3n) is 3.19. The Bertz CT molecular complexity index is 794. The number of carbonyl (C=O) groups excluding carboxylic acids is 1. The van der Waals surface area contributed by atoms with Crippen molar-refractivity contribution in [3.8, 4) is 5.75 Å². The van der Waals surface area contributed by atoms with Crippen LogP contribution in [0.15, 0.2) is 66.7 Å². The molecule has 0 aliphatic heterocycles. The highest BCUT2D eigenvalue weighted by Crippen LogP contribution is 2.24. The number of phenolic OH excluding ortho intramolecular Hbond substituents is 1. The summed E-state index contributed by atoms with van der Waals surface area (Å²) < 4.78 is 0. The Hall–Kier alpha value is -3.01. The van der Waals surface area contributed by atoms with Gasteiger partial charge in [0.1, 0.15) is 5.75 Å².